The Bertz CT molecular complexity index is 831. The second kappa shape index (κ2) is 10.9. The number of carbonyl (C=O) groups excluding carboxylic acids is 5. The first-order valence-corrected chi connectivity index (χ1v) is 11.3. The van der Waals surface area contributed by atoms with Crippen LogP contribution in [0, 0.1) is 16.2 Å². The molecular formula is C24H39NO10. The smallest absolute Gasteiger partial charge is 0.339 e. The molecule has 1 aliphatic rings. The Morgan fingerprint density at radius 2 is 1.09 bits per heavy atom. The monoisotopic (exact) mass is 501 g/mol. The third-order valence-electron chi connectivity index (χ3n) is 4.90. The van der Waals surface area contributed by atoms with Gasteiger partial charge in [0.15, 0.2) is 18.3 Å². The van der Waals surface area contributed by atoms with Crippen molar-refractivity contribution in [3.05, 3.63) is 0 Å². The summed E-state index contributed by atoms with van der Waals surface area (Å²) >= 11 is 0. The molecule has 1 saturated heterocycles. The summed E-state index contributed by atoms with van der Waals surface area (Å²) in [6, 6.07) is -1.30. The maximum atomic E-state index is 12.9. The summed E-state index contributed by atoms with van der Waals surface area (Å²) in [5.41, 5.74) is -2.94. The molecule has 0 radical (unpaired) electrons. The molecule has 11 nitrogen and oxygen atoms in total. The van der Waals surface area contributed by atoms with E-state index in [0.717, 1.165) is 7.11 Å². The SMILES string of the molecule is COC(=O)[C@H]1OC(OC(=O)C(C)(C)C)[C@H](NC(C)=O)[C@@H](OC(=O)C(C)(C)C)[C@@H]1OC(=O)C(C)(C)C. The van der Waals surface area contributed by atoms with Gasteiger partial charge in [-0.05, 0) is 62.3 Å². The number of rotatable bonds is 5. The Labute approximate surface area is 206 Å². The fourth-order valence-electron chi connectivity index (χ4n) is 2.78. The molecule has 0 bridgehead atoms. The van der Waals surface area contributed by atoms with Gasteiger partial charge in [-0.25, -0.2) is 4.79 Å². The van der Waals surface area contributed by atoms with Crippen LogP contribution in [0.1, 0.15) is 69.2 Å². The third-order valence-corrected chi connectivity index (χ3v) is 4.90. The Kier molecular flexibility index (Phi) is 9.47. The van der Waals surface area contributed by atoms with Gasteiger partial charge in [-0.3, -0.25) is 19.2 Å². The van der Waals surface area contributed by atoms with Crippen molar-refractivity contribution in [1.82, 2.24) is 5.32 Å². The summed E-state index contributed by atoms with van der Waals surface area (Å²) in [7, 11) is 1.10. The normalized spacial score (nSPS) is 25.2. The van der Waals surface area contributed by atoms with E-state index in [2.05, 4.69) is 5.32 Å². The van der Waals surface area contributed by atoms with Crippen LogP contribution in [0.2, 0.25) is 0 Å². The fraction of sp³-hybridized carbons (Fsp3) is 0.792. The van der Waals surface area contributed by atoms with Gasteiger partial charge in [0.25, 0.3) is 0 Å². The van der Waals surface area contributed by atoms with E-state index in [0.29, 0.717) is 0 Å². The van der Waals surface area contributed by atoms with Crippen molar-refractivity contribution >= 4 is 29.8 Å². The molecule has 0 aromatic carbocycles. The van der Waals surface area contributed by atoms with Gasteiger partial charge in [0.2, 0.25) is 12.2 Å². The van der Waals surface area contributed by atoms with Gasteiger partial charge in [0.1, 0.15) is 6.04 Å². The summed E-state index contributed by atoms with van der Waals surface area (Å²) in [6.45, 7) is 15.6. The van der Waals surface area contributed by atoms with Crippen molar-refractivity contribution in [2.75, 3.05) is 7.11 Å². The average molecular weight is 502 g/mol. The van der Waals surface area contributed by atoms with Crippen molar-refractivity contribution in [3.63, 3.8) is 0 Å². The van der Waals surface area contributed by atoms with Crippen LogP contribution in [0.25, 0.3) is 0 Å². The van der Waals surface area contributed by atoms with Crippen LogP contribution in [0.15, 0.2) is 0 Å². The van der Waals surface area contributed by atoms with Crippen LogP contribution in [-0.4, -0.2) is 67.5 Å². The molecule has 1 aliphatic heterocycles. The molecule has 0 aromatic rings. The number of nitrogens with one attached hydrogen (secondary N) is 1. The number of esters is 4. The Balaban J connectivity index is 3.66. The summed E-state index contributed by atoms with van der Waals surface area (Å²) < 4.78 is 27.4. The summed E-state index contributed by atoms with van der Waals surface area (Å²) in [5, 5.41) is 2.55. The number of carbonyl (C=O) groups is 5. The molecule has 1 N–H and O–H groups in total. The Hall–Kier alpha value is -2.69. The van der Waals surface area contributed by atoms with Crippen LogP contribution in [0.4, 0.5) is 0 Å². The molecule has 1 fully saturated rings. The minimum Gasteiger partial charge on any atom is -0.467 e. The highest BCUT2D eigenvalue weighted by atomic mass is 16.7. The van der Waals surface area contributed by atoms with E-state index in [4.69, 9.17) is 23.7 Å². The predicted octanol–water partition coefficient (Wildman–Crippen LogP) is 1.89. The average Bonchev–Trinajstić information content (AvgIpc) is 2.68. The first-order chi connectivity index (χ1) is 15.7. The summed E-state index contributed by atoms with van der Waals surface area (Å²) in [6.07, 6.45) is -6.14. The lowest BCUT2D eigenvalue weighted by Gasteiger charge is -2.45. The largest absolute Gasteiger partial charge is 0.467 e. The molecule has 0 spiro atoms. The molecule has 0 aromatic heterocycles. The van der Waals surface area contributed by atoms with Crippen molar-refractivity contribution < 1.29 is 47.7 Å². The standard InChI is InChI=1S/C24H39NO10/c1-12(26)25-13-14(33-19(28)22(2,3)4)15(34-20(29)23(5,6)7)16(17(27)31-11)32-18(13)35-21(30)24(8,9)10/h13-16,18H,1-11H3,(H,25,26)/t13-,14-,15+,16+,18?/m1/s1. The second-order valence-electron chi connectivity index (χ2n) is 11.6. The molecule has 1 heterocycles. The van der Waals surface area contributed by atoms with Crippen molar-refractivity contribution in [2.45, 2.75) is 99.9 Å². The fourth-order valence-corrected chi connectivity index (χ4v) is 2.78. The minimum absolute atomic E-state index is 0.565. The lowest BCUT2D eigenvalue weighted by molar-refractivity contribution is -0.271. The third kappa shape index (κ3) is 8.19. The van der Waals surface area contributed by atoms with Gasteiger partial charge in [-0.1, -0.05) is 0 Å². The van der Waals surface area contributed by atoms with E-state index >= 15 is 0 Å². The Morgan fingerprint density at radius 1 is 0.686 bits per heavy atom. The lowest BCUT2D eigenvalue weighted by atomic mass is 9.92. The van der Waals surface area contributed by atoms with Crippen molar-refractivity contribution in [3.8, 4) is 0 Å². The first-order valence-electron chi connectivity index (χ1n) is 11.3. The number of amides is 1. The van der Waals surface area contributed by atoms with Gasteiger partial charge >= 0.3 is 23.9 Å². The quantitative estimate of drug-likeness (QED) is 0.438. The lowest BCUT2D eigenvalue weighted by Crippen LogP contribution is -2.68. The zero-order valence-electron chi connectivity index (χ0n) is 22.5. The zero-order chi connectivity index (χ0) is 27.5. The zero-order valence-corrected chi connectivity index (χ0v) is 22.5. The van der Waals surface area contributed by atoms with Crippen LogP contribution in [-0.2, 0) is 47.7 Å². The van der Waals surface area contributed by atoms with Crippen molar-refractivity contribution in [1.29, 1.82) is 0 Å². The number of hydrogen-bond acceptors (Lipinski definition) is 10. The molecular weight excluding hydrogens is 462 g/mol. The molecule has 200 valence electrons. The number of methoxy groups -OCH3 is 1. The van der Waals surface area contributed by atoms with E-state index in [-0.39, 0.29) is 0 Å². The number of hydrogen-bond donors (Lipinski definition) is 1. The van der Waals surface area contributed by atoms with E-state index in [1.165, 1.54) is 6.92 Å². The van der Waals surface area contributed by atoms with Crippen LogP contribution in [0.3, 0.4) is 0 Å². The Morgan fingerprint density at radius 3 is 1.46 bits per heavy atom. The molecule has 1 unspecified atom stereocenters. The van der Waals surface area contributed by atoms with Gasteiger partial charge in [-0.2, -0.15) is 0 Å². The van der Waals surface area contributed by atoms with E-state index < -0.39 is 76.7 Å². The highest BCUT2D eigenvalue weighted by molar-refractivity contribution is 5.80. The van der Waals surface area contributed by atoms with E-state index in [1.54, 1.807) is 62.3 Å². The topological polar surface area (TPSA) is 144 Å². The molecule has 5 atom stereocenters. The predicted molar refractivity (Wildman–Crippen MR) is 122 cm³/mol. The van der Waals surface area contributed by atoms with Gasteiger partial charge < -0.3 is 29.0 Å². The first kappa shape index (κ1) is 30.3. The highest BCUT2D eigenvalue weighted by Gasteiger charge is 2.56. The van der Waals surface area contributed by atoms with Gasteiger partial charge in [0.05, 0.1) is 23.4 Å². The molecule has 1 rings (SSSR count). The summed E-state index contributed by atoms with van der Waals surface area (Å²) in [4.78, 5) is 63.1. The van der Waals surface area contributed by atoms with Crippen LogP contribution in [0.5, 0.6) is 0 Å². The molecule has 1 amide bonds. The van der Waals surface area contributed by atoms with Gasteiger partial charge in [-0.15, -0.1) is 0 Å². The maximum Gasteiger partial charge on any atom is 0.339 e. The van der Waals surface area contributed by atoms with Crippen LogP contribution < -0.4 is 5.32 Å². The highest BCUT2D eigenvalue weighted by Crippen LogP contribution is 2.32. The second-order valence-corrected chi connectivity index (χ2v) is 11.6. The molecule has 35 heavy (non-hydrogen) atoms. The van der Waals surface area contributed by atoms with E-state index in [9.17, 15) is 24.0 Å². The molecule has 0 aliphatic carbocycles. The molecule has 11 heteroatoms. The molecule has 0 saturated carbocycles. The maximum absolute atomic E-state index is 12.9. The van der Waals surface area contributed by atoms with Gasteiger partial charge in [0, 0.05) is 6.92 Å². The van der Waals surface area contributed by atoms with E-state index in [1.807, 2.05) is 0 Å². The minimum atomic E-state index is -1.62. The summed E-state index contributed by atoms with van der Waals surface area (Å²) in [5.74, 6) is -3.65. The number of ether oxygens (including phenoxy) is 5. The van der Waals surface area contributed by atoms with Crippen LogP contribution >= 0.6 is 0 Å². The van der Waals surface area contributed by atoms with Crippen molar-refractivity contribution in [2.24, 2.45) is 16.2 Å².